The van der Waals surface area contributed by atoms with Crippen molar-refractivity contribution in [1.82, 2.24) is 4.90 Å². The lowest BCUT2D eigenvalue weighted by Gasteiger charge is -2.35. The highest BCUT2D eigenvalue weighted by atomic mass is 16.1. The SMILES string of the molecule is O=C1CC(CN2CCC(c3ccccc3)CC2)Cc2ccccc21. The quantitative estimate of drug-likeness (QED) is 0.840. The van der Waals surface area contributed by atoms with Gasteiger partial charge < -0.3 is 4.90 Å². The molecule has 0 bridgehead atoms. The van der Waals surface area contributed by atoms with Crippen LogP contribution in [0.1, 0.15) is 46.7 Å². The number of rotatable bonds is 3. The molecule has 2 aromatic carbocycles. The number of likely N-dealkylation sites (tertiary alicyclic amines) is 1. The molecule has 2 nitrogen and oxygen atoms in total. The Kier molecular flexibility index (Phi) is 4.48. The number of carbonyl (C=O) groups is 1. The summed E-state index contributed by atoms with van der Waals surface area (Å²) in [4.78, 5) is 14.9. The van der Waals surface area contributed by atoms with Crippen LogP contribution in [0.3, 0.4) is 0 Å². The monoisotopic (exact) mass is 319 g/mol. The summed E-state index contributed by atoms with van der Waals surface area (Å²) in [5, 5.41) is 0. The van der Waals surface area contributed by atoms with Crippen LogP contribution in [0.4, 0.5) is 0 Å². The van der Waals surface area contributed by atoms with Crippen LogP contribution in [0, 0.1) is 5.92 Å². The first kappa shape index (κ1) is 15.6. The molecule has 0 N–H and O–H groups in total. The van der Waals surface area contributed by atoms with Crippen LogP contribution < -0.4 is 0 Å². The maximum absolute atomic E-state index is 12.4. The van der Waals surface area contributed by atoms with E-state index in [-0.39, 0.29) is 0 Å². The summed E-state index contributed by atoms with van der Waals surface area (Å²) in [7, 11) is 0. The van der Waals surface area contributed by atoms with Crippen LogP contribution in [0.25, 0.3) is 0 Å². The first-order valence-electron chi connectivity index (χ1n) is 9.18. The minimum absolute atomic E-state index is 0.334. The number of Topliss-reactive ketones (excluding diaryl/α,β-unsaturated/α-hetero) is 1. The molecule has 1 aliphatic heterocycles. The normalized spacial score (nSPS) is 22.3. The molecule has 24 heavy (non-hydrogen) atoms. The van der Waals surface area contributed by atoms with Gasteiger partial charge in [0, 0.05) is 18.5 Å². The second kappa shape index (κ2) is 6.90. The van der Waals surface area contributed by atoms with Gasteiger partial charge in [0.15, 0.2) is 5.78 Å². The van der Waals surface area contributed by atoms with Gasteiger partial charge in [-0.2, -0.15) is 0 Å². The van der Waals surface area contributed by atoms with Crippen molar-refractivity contribution in [3.63, 3.8) is 0 Å². The smallest absolute Gasteiger partial charge is 0.163 e. The number of fused-ring (bicyclic) bond motifs is 1. The molecule has 1 aliphatic carbocycles. The van der Waals surface area contributed by atoms with Gasteiger partial charge in [-0.3, -0.25) is 4.79 Å². The molecule has 0 aromatic heterocycles. The van der Waals surface area contributed by atoms with Crippen LogP contribution in [0.15, 0.2) is 54.6 Å². The van der Waals surface area contributed by atoms with E-state index in [1.807, 2.05) is 12.1 Å². The van der Waals surface area contributed by atoms with Gasteiger partial charge in [0.1, 0.15) is 0 Å². The number of nitrogens with zero attached hydrogens (tertiary/aromatic N) is 1. The fourth-order valence-electron chi connectivity index (χ4n) is 4.39. The van der Waals surface area contributed by atoms with E-state index in [1.54, 1.807) is 0 Å². The minimum Gasteiger partial charge on any atom is -0.303 e. The number of carbonyl (C=O) groups excluding carboxylic acids is 1. The zero-order valence-electron chi connectivity index (χ0n) is 14.2. The van der Waals surface area contributed by atoms with Gasteiger partial charge in [-0.05, 0) is 55.3 Å². The highest BCUT2D eigenvalue weighted by Crippen LogP contribution is 2.30. The predicted molar refractivity (Wildman–Crippen MR) is 97.4 cm³/mol. The van der Waals surface area contributed by atoms with Gasteiger partial charge in [0.05, 0.1) is 0 Å². The molecular weight excluding hydrogens is 294 g/mol. The molecule has 0 spiro atoms. The Hall–Kier alpha value is -1.93. The third-order valence-electron chi connectivity index (χ3n) is 5.68. The molecule has 1 heterocycles. The molecule has 2 aliphatic rings. The largest absolute Gasteiger partial charge is 0.303 e. The van der Waals surface area contributed by atoms with Gasteiger partial charge in [-0.15, -0.1) is 0 Å². The second-order valence-electron chi connectivity index (χ2n) is 7.34. The maximum atomic E-state index is 12.4. The van der Waals surface area contributed by atoms with Crippen molar-refractivity contribution in [1.29, 1.82) is 0 Å². The van der Waals surface area contributed by atoms with Crippen molar-refractivity contribution in [2.75, 3.05) is 19.6 Å². The van der Waals surface area contributed by atoms with Crippen LogP contribution in [0.2, 0.25) is 0 Å². The summed E-state index contributed by atoms with van der Waals surface area (Å²) in [6, 6.07) is 19.1. The highest BCUT2D eigenvalue weighted by Gasteiger charge is 2.28. The van der Waals surface area contributed by atoms with Gasteiger partial charge >= 0.3 is 0 Å². The van der Waals surface area contributed by atoms with Crippen molar-refractivity contribution in [2.24, 2.45) is 5.92 Å². The topological polar surface area (TPSA) is 20.3 Å². The Balaban J connectivity index is 1.34. The minimum atomic E-state index is 0.334. The summed E-state index contributed by atoms with van der Waals surface area (Å²) in [5.74, 6) is 1.53. The van der Waals surface area contributed by atoms with E-state index < -0.39 is 0 Å². The lowest BCUT2D eigenvalue weighted by atomic mass is 9.82. The number of piperidine rings is 1. The first-order valence-corrected chi connectivity index (χ1v) is 9.18. The summed E-state index contributed by atoms with van der Waals surface area (Å²) in [6.45, 7) is 3.39. The number of hydrogen-bond acceptors (Lipinski definition) is 2. The molecule has 1 atom stereocenters. The van der Waals surface area contributed by atoms with E-state index in [0.717, 1.165) is 38.0 Å². The standard InChI is InChI=1S/C22H25NO/c24-22-15-17(14-20-8-4-5-9-21(20)22)16-23-12-10-19(11-13-23)18-6-2-1-3-7-18/h1-9,17,19H,10-16H2. The van der Waals surface area contributed by atoms with E-state index in [2.05, 4.69) is 47.4 Å². The number of benzene rings is 2. The highest BCUT2D eigenvalue weighted by molar-refractivity contribution is 5.98. The lowest BCUT2D eigenvalue weighted by molar-refractivity contribution is 0.0921. The second-order valence-corrected chi connectivity index (χ2v) is 7.34. The van der Waals surface area contributed by atoms with Crippen molar-refractivity contribution in [3.05, 3.63) is 71.3 Å². The zero-order valence-corrected chi connectivity index (χ0v) is 14.2. The van der Waals surface area contributed by atoms with E-state index in [9.17, 15) is 4.79 Å². The number of ketones is 1. The zero-order chi connectivity index (χ0) is 16.4. The van der Waals surface area contributed by atoms with Gasteiger partial charge in [0.25, 0.3) is 0 Å². The van der Waals surface area contributed by atoms with Gasteiger partial charge in [-0.1, -0.05) is 54.6 Å². The Labute approximate surface area is 144 Å². The molecule has 4 rings (SSSR count). The fraction of sp³-hybridized carbons (Fsp3) is 0.409. The molecule has 1 fully saturated rings. The van der Waals surface area contributed by atoms with Crippen molar-refractivity contribution >= 4 is 5.78 Å². The lowest BCUT2D eigenvalue weighted by Crippen LogP contribution is -2.38. The molecule has 0 radical (unpaired) electrons. The summed E-state index contributed by atoms with van der Waals surface area (Å²) < 4.78 is 0. The van der Waals surface area contributed by atoms with E-state index in [0.29, 0.717) is 17.6 Å². The fourth-order valence-corrected chi connectivity index (χ4v) is 4.39. The van der Waals surface area contributed by atoms with Crippen LogP contribution in [-0.2, 0) is 6.42 Å². The third-order valence-corrected chi connectivity index (χ3v) is 5.68. The summed E-state index contributed by atoms with van der Waals surface area (Å²) in [5.41, 5.74) is 3.69. The molecule has 1 saturated heterocycles. The molecular formula is C22H25NO. The molecule has 124 valence electrons. The predicted octanol–water partition coefficient (Wildman–Crippen LogP) is 4.31. The molecule has 2 heteroatoms. The van der Waals surface area contributed by atoms with Crippen molar-refractivity contribution < 1.29 is 4.79 Å². The Bertz CT molecular complexity index is 701. The van der Waals surface area contributed by atoms with E-state index in [1.165, 1.54) is 24.0 Å². The first-order chi connectivity index (χ1) is 11.8. The Morgan fingerprint density at radius 3 is 2.38 bits per heavy atom. The number of hydrogen-bond donors (Lipinski definition) is 0. The van der Waals surface area contributed by atoms with Crippen LogP contribution >= 0.6 is 0 Å². The Morgan fingerprint density at radius 1 is 0.875 bits per heavy atom. The molecule has 0 amide bonds. The maximum Gasteiger partial charge on any atom is 0.163 e. The third kappa shape index (κ3) is 3.29. The molecule has 2 aromatic rings. The van der Waals surface area contributed by atoms with Crippen molar-refractivity contribution in [3.8, 4) is 0 Å². The molecule has 0 saturated carbocycles. The van der Waals surface area contributed by atoms with E-state index >= 15 is 0 Å². The average molecular weight is 319 g/mol. The summed E-state index contributed by atoms with van der Waals surface area (Å²) in [6.07, 6.45) is 4.25. The van der Waals surface area contributed by atoms with Crippen LogP contribution in [-0.4, -0.2) is 30.3 Å². The average Bonchev–Trinajstić information content (AvgIpc) is 2.63. The van der Waals surface area contributed by atoms with Crippen LogP contribution in [0.5, 0.6) is 0 Å². The molecule has 1 unspecified atom stereocenters. The Morgan fingerprint density at radius 2 is 1.58 bits per heavy atom. The van der Waals surface area contributed by atoms with E-state index in [4.69, 9.17) is 0 Å². The summed E-state index contributed by atoms with van der Waals surface area (Å²) >= 11 is 0. The van der Waals surface area contributed by atoms with Crippen molar-refractivity contribution in [2.45, 2.75) is 31.6 Å². The van der Waals surface area contributed by atoms with Gasteiger partial charge in [-0.25, -0.2) is 0 Å². The van der Waals surface area contributed by atoms with Gasteiger partial charge in [0.2, 0.25) is 0 Å².